The minimum atomic E-state index is -0.214. The molecule has 2 nitrogen and oxygen atoms in total. The number of benzene rings is 1. The third-order valence-electron chi connectivity index (χ3n) is 3.65. The van der Waals surface area contributed by atoms with Crippen molar-refractivity contribution < 1.29 is 4.39 Å². The summed E-state index contributed by atoms with van der Waals surface area (Å²) in [6.45, 7) is 2.70. The molecule has 2 aliphatic rings. The van der Waals surface area contributed by atoms with E-state index >= 15 is 0 Å². The Bertz CT molecular complexity index is 420. The van der Waals surface area contributed by atoms with Crippen LogP contribution in [0.15, 0.2) is 18.2 Å². The quantitative estimate of drug-likeness (QED) is 0.873. The van der Waals surface area contributed by atoms with Gasteiger partial charge in [0.25, 0.3) is 0 Å². The molecule has 92 valence electrons. The molecule has 0 bridgehead atoms. The van der Waals surface area contributed by atoms with Crippen molar-refractivity contribution >= 4 is 17.3 Å². The number of hydrogen-bond donors (Lipinski definition) is 1. The van der Waals surface area contributed by atoms with Gasteiger partial charge in [0.15, 0.2) is 0 Å². The lowest BCUT2D eigenvalue weighted by molar-refractivity contribution is 0.416. The average molecular weight is 255 g/mol. The molecule has 1 aromatic carbocycles. The van der Waals surface area contributed by atoms with E-state index in [0.717, 1.165) is 25.6 Å². The van der Waals surface area contributed by atoms with E-state index in [1.54, 1.807) is 12.1 Å². The first-order valence-electron chi connectivity index (χ1n) is 6.17. The Hall–Kier alpha value is -0.800. The van der Waals surface area contributed by atoms with Crippen molar-refractivity contribution in [2.45, 2.75) is 18.9 Å². The van der Waals surface area contributed by atoms with Crippen LogP contribution < -0.4 is 10.2 Å². The Morgan fingerprint density at radius 2 is 2.18 bits per heavy atom. The van der Waals surface area contributed by atoms with E-state index in [1.807, 2.05) is 0 Å². The molecule has 1 atom stereocenters. The first kappa shape index (κ1) is 11.3. The standard InChI is InChI=1S/C13H16ClFN2/c14-10-3-4-13(11(15)7-10)17-6-5-16-12(8-17)9-1-2-9/h3-4,7,9,12,16H,1-2,5-6,8H2. The van der Waals surface area contributed by atoms with Gasteiger partial charge in [0.2, 0.25) is 0 Å². The fraction of sp³-hybridized carbons (Fsp3) is 0.538. The molecular weight excluding hydrogens is 239 g/mol. The highest BCUT2D eigenvalue weighted by atomic mass is 35.5. The lowest BCUT2D eigenvalue weighted by Gasteiger charge is -2.35. The van der Waals surface area contributed by atoms with Crippen molar-refractivity contribution in [2.75, 3.05) is 24.5 Å². The maximum atomic E-state index is 13.8. The van der Waals surface area contributed by atoms with Crippen molar-refractivity contribution in [3.8, 4) is 0 Å². The van der Waals surface area contributed by atoms with Crippen molar-refractivity contribution in [3.05, 3.63) is 29.0 Å². The van der Waals surface area contributed by atoms with Crippen LogP contribution in [-0.4, -0.2) is 25.7 Å². The van der Waals surface area contributed by atoms with E-state index in [-0.39, 0.29) is 5.82 Å². The predicted molar refractivity (Wildman–Crippen MR) is 68.1 cm³/mol. The predicted octanol–water partition coefficient (Wildman–Crippen LogP) is 2.67. The summed E-state index contributed by atoms with van der Waals surface area (Å²) in [5.41, 5.74) is 0.682. The van der Waals surface area contributed by atoms with Gasteiger partial charge in [-0.25, -0.2) is 4.39 Å². The van der Waals surface area contributed by atoms with Gasteiger partial charge in [-0.2, -0.15) is 0 Å². The number of nitrogens with zero attached hydrogens (tertiary/aromatic N) is 1. The molecule has 0 aromatic heterocycles. The molecule has 0 spiro atoms. The zero-order chi connectivity index (χ0) is 11.8. The first-order chi connectivity index (χ1) is 8.24. The van der Waals surface area contributed by atoms with E-state index in [9.17, 15) is 4.39 Å². The third kappa shape index (κ3) is 2.40. The zero-order valence-corrected chi connectivity index (χ0v) is 10.4. The van der Waals surface area contributed by atoms with Gasteiger partial charge in [0, 0.05) is 30.7 Å². The molecule has 1 unspecified atom stereocenters. The molecule has 0 radical (unpaired) electrons. The summed E-state index contributed by atoms with van der Waals surface area (Å²) in [4.78, 5) is 2.13. The Balaban J connectivity index is 1.77. The molecule has 3 rings (SSSR count). The van der Waals surface area contributed by atoms with Crippen LogP contribution in [0.1, 0.15) is 12.8 Å². The number of anilines is 1. The fourth-order valence-electron chi connectivity index (χ4n) is 2.55. The molecular formula is C13H16ClFN2. The minimum Gasteiger partial charge on any atom is -0.366 e. The van der Waals surface area contributed by atoms with Gasteiger partial charge in [-0.05, 0) is 37.0 Å². The van der Waals surface area contributed by atoms with E-state index in [4.69, 9.17) is 11.6 Å². The summed E-state index contributed by atoms with van der Waals surface area (Å²) in [5.74, 6) is 0.585. The monoisotopic (exact) mass is 254 g/mol. The van der Waals surface area contributed by atoms with E-state index in [2.05, 4.69) is 10.2 Å². The first-order valence-corrected chi connectivity index (χ1v) is 6.55. The molecule has 1 heterocycles. The molecule has 1 saturated carbocycles. The highest BCUT2D eigenvalue weighted by molar-refractivity contribution is 6.30. The highest BCUT2D eigenvalue weighted by Gasteiger charge is 2.34. The third-order valence-corrected chi connectivity index (χ3v) is 3.88. The van der Waals surface area contributed by atoms with Gasteiger partial charge < -0.3 is 10.2 Å². The van der Waals surface area contributed by atoms with Crippen LogP contribution >= 0.6 is 11.6 Å². The normalized spacial score (nSPS) is 25.1. The molecule has 1 N–H and O–H groups in total. The summed E-state index contributed by atoms with van der Waals surface area (Å²) in [7, 11) is 0. The fourth-order valence-corrected chi connectivity index (χ4v) is 2.71. The molecule has 1 aliphatic heterocycles. The van der Waals surface area contributed by atoms with Crippen molar-refractivity contribution in [3.63, 3.8) is 0 Å². The smallest absolute Gasteiger partial charge is 0.147 e. The molecule has 0 amide bonds. The van der Waals surface area contributed by atoms with Crippen LogP contribution in [0.4, 0.5) is 10.1 Å². The Morgan fingerprint density at radius 3 is 2.88 bits per heavy atom. The van der Waals surface area contributed by atoms with Crippen LogP contribution in [0, 0.1) is 11.7 Å². The molecule has 1 aromatic rings. The summed E-state index contributed by atoms with van der Waals surface area (Å²) >= 11 is 5.77. The highest BCUT2D eigenvalue weighted by Crippen LogP contribution is 2.34. The van der Waals surface area contributed by atoms with E-state index in [1.165, 1.54) is 18.9 Å². The summed E-state index contributed by atoms with van der Waals surface area (Å²) in [6, 6.07) is 5.46. The second-order valence-corrected chi connectivity index (χ2v) is 5.38. The topological polar surface area (TPSA) is 15.3 Å². The van der Waals surface area contributed by atoms with Gasteiger partial charge in [0.05, 0.1) is 5.69 Å². The molecule has 17 heavy (non-hydrogen) atoms. The Morgan fingerprint density at radius 1 is 1.35 bits per heavy atom. The number of rotatable bonds is 2. The van der Waals surface area contributed by atoms with Gasteiger partial charge in [0.1, 0.15) is 5.82 Å². The maximum Gasteiger partial charge on any atom is 0.147 e. The average Bonchev–Trinajstić information content (AvgIpc) is 3.13. The van der Waals surface area contributed by atoms with Crippen LogP contribution in [0.25, 0.3) is 0 Å². The minimum absolute atomic E-state index is 0.214. The van der Waals surface area contributed by atoms with Crippen molar-refractivity contribution in [1.82, 2.24) is 5.32 Å². The number of hydrogen-bond acceptors (Lipinski definition) is 2. The molecule has 4 heteroatoms. The second-order valence-electron chi connectivity index (χ2n) is 4.94. The summed E-state index contributed by atoms with van der Waals surface area (Å²) < 4.78 is 13.8. The van der Waals surface area contributed by atoms with Gasteiger partial charge in [-0.3, -0.25) is 0 Å². The van der Waals surface area contributed by atoms with Crippen LogP contribution in [-0.2, 0) is 0 Å². The number of piperazine rings is 1. The van der Waals surface area contributed by atoms with Crippen molar-refractivity contribution in [2.24, 2.45) is 5.92 Å². The number of halogens is 2. The zero-order valence-electron chi connectivity index (χ0n) is 9.63. The van der Waals surface area contributed by atoms with E-state index in [0.29, 0.717) is 16.8 Å². The largest absolute Gasteiger partial charge is 0.366 e. The van der Waals surface area contributed by atoms with Crippen LogP contribution in [0.2, 0.25) is 5.02 Å². The maximum absolute atomic E-state index is 13.8. The summed E-state index contributed by atoms with van der Waals surface area (Å²) in [5, 5.41) is 3.98. The van der Waals surface area contributed by atoms with Crippen molar-refractivity contribution in [1.29, 1.82) is 0 Å². The lowest BCUT2D eigenvalue weighted by Crippen LogP contribution is -2.52. The van der Waals surface area contributed by atoms with Crippen LogP contribution in [0.5, 0.6) is 0 Å². The molecule has 1 saturated heterocycles. The molecule has 1 aliphatic carbocycles. The van der Waals surface area contributed by atoms with E-state index < -0.39 is 0 Å². The SMILES string of the molecule is Fc1cc(Cl)ccc1N1CCNC(C2CC2)C1. The van der Waals surface area contributed by atoms with Gasteiger partial charge >= 0.3 is 0 Å². The number of nitrogens with one attached hydrogen (secondary N) is 1. The Kier molecular flexibility index (Phi) is 2.97. The Labute approximate surface area is 106 Å². The second kappa shape index (κ2) is 4.46. The van der Waals surface area contributed by atoms with Crippen LogP contribution in [0.3, 0.4) is 0 Å². The lowest BCUT2D eigenvalue weighted by atomic mass is 10.1. The van der Waals surface area contributed by atoms with Gasteiger partial charge in [-0.1, -0.05) is 11.6 Å². The summed E-state index contributed by atoms with van der Waals surface area (Å²) in [6.07, 6.45) is 2.63. The van der Waals surface area contributed by atoms with Gasteiger partial charge in [-0.15, -0.1) is 0 Å². The molecule has 2 fully saturated rings.